The van der Waals surface area contributed by atoms with Crippen molar-refractivity contribution >= 4 is 17.5 Å². The Bertz CT molecular complexity index is 559. The number of aliphatic hydroxyl groups is 1. The molecular weight excluding hydrogens is 292 g/mol. The molecule has 1 aliphatic rings. The molecule has 23 heavy (non-hydrogen) atoms. The summed E-state index contributed by atoms with van der Waals surface area (Å²) in [4.78, 5) is 25.9. The van der Waals surface area contributed by atoms with Gasteiger partial charge in [0.1, 0.15) is 0 Å². The second kappa shape index (κ2) is 8.11. The van der Waals surface area contributed by atoms with Crippen molar-refractivity contribution in [3.8, 4) is 0 Å². The third-order valence-corrected chi connectivity index (χ3v) is 4.45. The first kappa shape index (κ1) is 17.5. The fourth-order valence-corrected chi connectivity index (χ4v) is 3.14. The number of nitrogens with one attached hydrogen (secondary N) is 1. The van der Waals surface area contributed by atoms with Crippen LogP contribution in [0.1, 0.15) is 38.2 Å². The number of rotatable bonds is 5. The summed E-state index contributed by atoms with van der Waals surface area (Å²) in [5.41, 5.74) is 1.73. The molecule has 1 fully saturated rings. The van der Waals surface area contributed by atoms with Gasteiger partial charge in [-0.2, -0.15) is 0 Å². The average Bonchev–Trinajstić information content (AvgIpc) is 2.93. The number of hydrogen-bond acceptors (Lipinski definition) is 3. The van der Waals surface area contributed by atoms with E-state index in [1.807, 2.05) is 24.3 Å². The van der Waals surface area contributed by atoms with Gasteiger partial charge in [-0.15, -0.1) is 0 Å². The second-order valence-corrected chi connectivity index (χ2v) is 6.31. The summed E-state index contributed by atoms with van der Waals surface area (Å²) >= 11 is 0. The normalized spacial score (nSPS) is 20.3. The maximum absolute atomic E-state index is 12.2. The minimum Gasteiger partial charge on any atom is -0.393 e. The van der Waals surface area contributed by atoms with Gasteiger partial charge in [-0.3, -0.25) is 9.59 Å². The Morgan fingerprint density at radius 3 is 2.70 bits per heavy atom. The predicted molar refractivity (Wildman–Crippen MR) is 90.1 cm³/mol. The molecule has 0 radical (unpaired) electrons. The number of aryl methyl sites for hydroxylation is 1. The molecule has 1 aromatic carbocycles. The molecule has 5 nitrogen and oxygen atoms in total. The third-order valence-electron chi connectivity index (χ3n) is 4.45. The highest BCUT2D eigenvalue weighted by Crippen LogP contribution is 2.26. The third kappa shape index (κ3) is 4.55. The van der Waals surface area contributed by atoms with Gasteiger partial charge in [0, 0.05) is 25.2 Å². The van der Waals surface area contributed by atoms with Gasteiger partial charge in [-0.25, -0.2) is 0 Å². The molecule has 2 amide bonds. The minimum atomic E-state index is -0.622. The van der Waals surface area contributed by atoms with Crippen LogP contribution in [0.25, 0.3) is 0 Å². The maximum Gasteiger partial charge on any atom is 0.313 e. The summed E-state index contributed by atoms with van der Waals surface area (Å²) in [7, 11) is 1.62. The van der Waals surface area contributed by atoms with Crippen LogP contribution in [0.2, 0.25) is 0 Å². The van der Waals surface area contributed by atoms with Gasteiger partial charge in [0.25, 0.3) is 0 Å². The molecule has 2 unspecified atom stereocenters. The summed E-state index contributed by atoms with van der Waals surface area (Å²) in [6.07, 6.45) is 4.13. The first-order valence-electron chi connectivity index (χ1n) is 8.35. The van der Waals surface area contributed by atoms with Gasteiger partial charge < -0.3 is 15.3 Å². The van der Waals surface area contributed by atoms with Gasteiger partial charge in [-0.05, 0) is 30.9 Å². The fraction of sp³-hybridized carbons (Fsp3) is 0.556. The van der Waals surface area contributed by atoms with Crippen molar-refractivity contribution in [1.82, 2.24) is 4.90 Å². The van der Waals surface area contributed by atoms with E-state index in [-0.39, 0.29) is 12.0 Å². The van der Waals surface area contributed by atoms with E-state index >= 15 is 0 Å². The van der Waals surface area contributed by atoms with Gasteiger partial charge >= 0.3 is 11.8 Å². The van der Waals surface area contributed by atoms with Gasteiger partial charge in [0.05, 0.1) is 6.10 Å². The van der Waals surface area contributed by atoms with Crippen LogP contribution in [0.15, 0.2) is 24.3 Å². The number of aliphatic hydroxyl groups excluding tert-OH is 1. The molecule has 2 rings (SSSR count). The van der Waals surface area contributed by atoms with Gasteiger partial charge in [0.15, 0.2) is 0 Å². The Kier molecular flexibility index (Phi) is 6.16. The molecule has 1 aromatic rings. The largest absolute Gasteiger partial charge is 0.393 e. The first-order chi connectivity index (χ1) is 11.0. The van der Waals surface area contributed by atoms with Crippen LogP contribution in [-0.4, -0.2) is 41.5 Å². The number of carbonyl (C=O) groups is 2. The van der Waals surface area contributed by atoms with Crippen LogP contribution >= 0.6 is 0 Å². The lowest BCUT2D eigenvalue weighted by Crippen LogP contribution is -2.41. The molecule has 1 aliphatic carbocycles. The Balaban J connectivity index is 1.95. The van der Waals surface area contributed by atoms with Crippen LogP contribution < -0.4 is 5.32 Å². The van der Waals surface area contributed by atoms with Crippen molar-refractivity contribution in [1.29, 1.82) is 0 Å². The predicted octanol–water partition coefficient (Wildman–Crippen LogP) is 2.20. The molecule has 2 atom stereocenters. The molecule has 126 valence electrons. The number of likely N-dealkylation sites (N-methyl/N-ethyl adjacent to an activating group) is 1. The summed E-state index contributed by atoms with van der Waals surface area (Å²) < 4.78 is 0. The first-order valence-corrected chi connectivity index (χ1v) is 8.35. The van der Waals surface area contributed by atoms with Crippen molar-refractivity contribution < 1.29 is 14.7 Å². The van der Waals surface area contributed by atoms with E-state index in [2.05, 4.69) is 12.2 Å². The summed E-state index contributed by atoms with van der Waals surface area (Å²) in [5.74, 6) is -1.11. The number of amides is 2. The lowest BCUT2D eigenvalue weighted by Gasteiger charge is -2.23. The van der Waals surface area contributed by atoms with E-state index in [1.54, 1.807) is 7.05 Å². The van der Waals surface area contributed by atoms with E-state index in [9.17, 15) is 14.7 Å². The lowest BCUT2D eigenvalue weighted by molar-refractivity contribution is -0.142. The van der Waals surface area contributed by atoms with E-state index in [4.69, 9.17) is 0 Å². The number of anilines is 1. The lowest BCUT2D eigenvalue weighted by atomic mass is 10.1. The Morgan fingerprint density at radius 2 is 2.04 bits per heavy atom. The number of benzene rings is 1. The number of hydrogen-bond donors (Lipinski definition) is 2. The summed E-state index contributed by atoms with van der Waals surface area (Å²) in [6, 6.07) is 7.55. The number of para-hydroxylation sites is 1. The average molecular weight is 318 g/mol. The van der Waals surface area contributed by atoms with Gasteiger partial charge in [0.2, 0.25) is 0 Å². The van der Waals surface area contributed by atoms with Crippen molar-refractivity contribution in [2.45, 2.75) is 45.1 Å². The highest BCUT2D eigenvalue weighted by Gasteiger charge is 2.29. The molecule has 2 N–H and O–H groups in total. The highest BCUT2D eigenvalue weighted by molar-refractivity contribution is 6.39. The molecule has 1 saturated carbocycles. The SMILES string of the molecule is CCCc1ccccc1NC(=O)C(=O)N(C)CC1CCCC1O. The summed E-state index contributed by atoms with van der Waals surface area (Å²) in [6.45, 7) is 2.49. The van der Waals surface area contributed by atoms with E-state index < -0.39 is 11.8 Å². The Morgan fingerprint density at radius 1 is 1.30 bits per heavy atom. The van der Waals surface area contributed by atoms with E-state index in [0.717, 1.165) is 37.7 Å². The van der Waals surface area contributed by atoms with Crippen LogP contribution in [0.5, 0.6) is 0 Å². The maximum atomic E-state index is 12.2. The van der Waals surface area contributed by atoms with E-state index in [0.29, 0.717) is 12.2 Å². The molecular formula is C18H26N2O3. The molecule has 0 aliphatic heterocycles. The monoisotopic (exact) mass is 318 g/mol. The van der Waals surface area contributed by atoms with Crippen molar-refractivity contribution in [2.75, 3.05) is 18.9 Å². The zero-order valence-electron chi connectivity index (χ0n) is 13.9. The Labute approximate surface area is 137 Å². The second-order valence-electron chi connectivity index (χ2n) is 6.31. The molecule has 0 aromatic heterocycles. The molecule has 0 heterocycles. The number of carbonyl (C=O) groups excluding carboxylic acids is 2. The van der Waals surface area contributed by atoms with Crippen LogP contribution in [0, 0.1) is 5.92 Å². The van der Waals surface area contributed by atoms with Crippen molar-refractivity contribution in [3.05, 3.63) is 29.8 Å². The highest BCUT2D eigenvalue weighted by atomic mass is 16.3. The van der Waals surface area contributed by atoms with Crippen LogP contribution in [0.4, 0.5) is 5.69 Å². The minimum absolute atomic E-state index is 0.0733. The standard InChI is InChI=1S/C18H26N2O3/c1-3-7-13-8-4-5-10-15(13)19-17(22)18(23)20(2)12-14-9-6-11-16(14)21/h4-5,8,10,14,16,21H,3,6-7,9,11-12H2,1-2H3,(H,19,22). The fourth-order valence-electron chi connectivity index (χ4n) is 3.14. The smallest absolute Gasteiger partial charge is 0.313 e. The molecule has 5 heteroatoms. The van der Waals surface area contributed by atoms with Crippen molar-refractivity contribution in [2.24, 2.45) is 5.92 Å². The van der Waals surface area contributed by atoms with Crippen molar-refractivity contribution in [3.63, 3.8) is 0 Å². The molecule has 0 spiro atoms. The van der Waals surface area contributed by atoms with E-state index in [1.165, 1.54) is 4.90 Å². The quantitative estimate of drug-likeness (QED) is 0.818. The zero-order chi connectivity index (χ0) is 16.8. The van der Waals surface area contributed by atoms with Crippen LogP contribution in [0.3, 0.4) is 0 Å². The van der Waals surface area contributed by atoms with Gasteiger partial charge in [-0.1, -0.05) is 38.0 Å². The Hall–Kier alpha value is -1.88. The molecule has 0 saturated heterocycles. The summed E-state index contributed by atoms with van der Waals surface area (Å²) in [5, 5.41) is 12.6. The molecule has 0 bridgehead atoms. The zero-order valence-corrected chi connectivity index (χ0v) is 13.9. The number of nitrogens with zero attached hydrogens (tertiary/aromatic N) is 1. The van der Waals surface area contributed by atoms with Crippen LogP contribution in [-0.2, 0) is 16.0 Å². The topological polar surface area (TPSA) is 69.6 Å².